The molecule has 98 valence electrons. The Morgan fingerprint density at radius 3 is 2.84 bits per heavy atom. The highest BCUT2D eigenvalue weighted by molar-refractivity contribution is 6.33. The highest BCUT2D eigenvalue weighted by Crippen LogP contribution is 2.26. The molecule has 19 heavy (non-hydrogen) atoms. The second-order valence-electron chi connectivity index (χ2n) is 4.07. The molecule has 0 fully saturated rings. The van der Waals surface area contributed by atoms with Crippen LogP contribution in [0, 0.1) is 6.92 Å². The van der Waals surface area contributed by atoms with Gasteiger partial charge in [-0.05, 0) is 24.6 Å². The molecule has 1 amide bonds. The third-order valence-electron chi connectivity index (χ3n) is 2.66. The van der Waals surface area contributed by atoms with Gasteiger partial charge in [0.1, 0.15) is 5.56 Å². The summed E-state index contributed by atoms with van der Waals surface area (Å²) in [5.41, 5.74) is 7.07. The van der Waals surface area contributed by atoms with Crippen LogP contribution in [-0.4, -0.2) is 10.9 Å². The van der Waals surface area contributed by atoms with Crippen LogP contribution in [-0.2, 0) is 0 Å². The van der Waals surface area contributed by atoms with Crippen molar-refractivity contribution in [2.45, 2.75) is 6.92 Å². The van der Waals surface area contributed by atoms with E-state index in [-0.39, 0.29) is 11.0 Å². The van der Waals surface area contributed by atoms with E-state index in [0.29, 0.717) is 16.4 Å². The van der Waals surface area contributed by atoms with Crippen molar-refractivity contribution in [2.24, 2.45) is 0 Å². The number of rotatable bonds is 2. The summed E-state index contributed by atoms with van der Waals surface area (Å²) in [5.74, 6) is -0.495. The number of pyridine rings is 1. The van der Waals surface area contributed by atoms with Gasteiger partial charge >= 0.3 is 0 Å². The molecule has 0 unspecified atom stereocenters. The molecule has 0 aliphatic heterocycles. The Balaban J connectivity index is 2.32. The van der Waals surface area contributed by atoms with Gasteiger partial charge < -0.3 is 16.0 Å². The second kappa shape index (κ2) is 5.16. The fourth-order valence-electron chi connectivity index (χ4n) is 1.62. The lowest BCUT2D eigenvalue weighted by molar-refractivity contribution is 0.102. The van der Waals surface area contributed by atoms with Crippen molar-refractivity contribution in [2.75, 3.05) is 11.1 Å². The molecule has 0 aliphatic carbocycles. The van der Waals surface area contributed by atoms with E-state index in [4.69, 9.17) is 17.3 Å². The molecule has 2 aromatic rings. The molecule has 0 saturated heterocycles. The van der Waals surface area contributed by atoms with Crippen molar-refractivity contribution in [3.8, 4) is 0 Å². The summed E-state index contributed by atoms with van der Waals surface area (Å²) in [5, 5.41) is 2.99. The maximum atomic E-state index is 12.0. The Kier molecular flexibility index (Phi) is 3.57. The largest absolute Gasteiger partial charge is 0.398 e. The molecule has 6 heteroatoms. The first-order chi connectivity index (χ1) is 8.99. The molecule has 4 N–H and O–H groups in total. The van der Waals surface area contributed by atoms with E-state index in [1.165, 1.54) is 18.5 Å². The average Bonchev–Trinajstić information content (AvgIpc) is 2.36. The number of nitrogens with one attached hydrogen (secondary N) is 2. The van der Waals surface area contributed by atoms with Crippen LogP contribution in [0.2, 0.25) is 5.02 Å². The fourth-order valence-corrected chi connectivity index (χ4v) is 1.79. The summed E-state index contributed by atoms with van der Waals surface area (Å²) in [7, 11) is 0. The minimum Gasteiger partial charge on any atom is -0.398 e. The average molecular weight is 278 g/mol. The smallest absolute Gasteiger partial charge is 0.261 e. The number of anilines is 2. The quantitative estimate of drug-likeness (QED) is 0.735. The predicted molar refractivity (Wildman–Crippen MR) is 75.6 cm³/mol. The number of nitrogen functional groups attached to an aromatic ring is 1. The molecule has 1 aromatic carbocycles. The zero-order valence-electron chi connectivity index (χ0n) is 10.2. The normalized spacial score (nSPS) is 10.2. The molecule has 0 atom stereocenters. The van der Waals surface area contributed by atoms with Gasteiger partial charge in [0.2, 0.25) is 0 Å². The van der Waals surface area contributed by atoms with Gasteiger partial charge in [0.05, 0.1) is 10.7 Å². The fraction of sp³-hybridized carbons (Fsp3) is 0.0769. The van der Waals surface area contributed by atoms with Crippen LogP contribution in [0.5, 0.6) is 0 Å². The molecule has 0 saturated carbocycles. The SMILES string of the molecule is Cc1cc(N)c(Cl)cc1NC(=O)c1c[nH]ccc1=O. The monoisotopic (exact) mass is 277 g/mol. The molecule has 0 aliphatic rings. The zero-order chi connectivity index (χ0) is 14.0. The number of nitrogens with two attached hydrogens (primary N) is 1. The van der Waals surface area contributed by atoms with E-state index in [9.17, 15) is 9.59 Å². The van der Waals surface area contributed by atoms with Gasteiger partial charge in [-0.15, -0.1) is 0 Å². The van der Waals surface area contributed by atoms with Crippen LogP contribution in [0.1, 0.15) is 15.9 Å². The number of hydrogen-bond acceptors (Lipinski definition) is 3. The van der Waals surface area contributed by atoms with E-state index >= 15 is 0 Å². The molecule has 1 aromatic heterocycles. The zero-order valence-corrected chi connectivity index (χ0v) is 10.9. The number of carbonyl (C=O) groups is 1. The van der Waals surface area contributed by atoms with Crippen molar-refractivity contribution in [3.05, 3.63) is 57.0 Å². The predicted octanol–water partition coefficient (Wildman–Crippen LogP) is 2.17. The van der Waals surface area contributed by atoms with Gasteiger partial charge in [0.25, 0.3) is 5.91 Å². The lowest BCUT2D eigenvalue weighted by atomic mass is 10.1. The number of amides is 1. The van der Waals surface area contributed by atoms with Crippen molar-refractivity contribution in [1.29, 1.82) is 0 Å². The lowest BCUT2D eigenvalue weighted by Gasteiger charge is -2.10. The van der Waals surface area contributed by atoms with Crippen LogP contribution in [0.3, 0.4) is 0 Å². The number of hydrogen-bond donors (Lipinski definition) is 3. The van der Waals surface area contributed by atoms with Crippen molar-refractivity contribution in [3.63, 3.8) is 0 Å². The van der Waals surface area contributed by atoms with Crippen LogP contribution in [0.25, 0.3) is 0 Å². The standard InChI is InChI=1S/C13H12ClN3O2/c1-7-4-10(15)9(14)5-11(7)17-13(19)8-6-16-3-2-12(8)18/h2-6H,15H2,1H3,(H,16,18)(H,17,19). The Morgan fingerprint density at radius 1 is 1.42 bits per heavy atom. The van der Waals surface area contributed by atoms with Crippen molar-refractivity contribution in [1.82, 2.24) is 4.98 Å². The Labute approximate surface area is 114 Å². The van der Waals surface area contributed by atoms with Crippen LogP contribution in [0.15, 0.2) is 35.4 Å². The number of H-pyrrole nitrogens is 1. The van der Waals surface area contributed by atoms with Gasteiger partial charge in [0, 0.05) is 24.1 Å². The number of aromatic amines is 1. The van der Waals surface area contributed by atoms with E-state index in [0.717, 1.165) is 5.56 Å². The highest BCUT2D eigenvalue weighted by Gasteiger charge is 2.12. The second-order valence-corrected chi connectivity index (χ2v) is 4.47. The Bertz CT molecular complexity index is 695. The van der Waals surface area contributed by atoms with E-state index in [1.807, 2.05) is 0 Å². The van der Waals surface area contributed by atoms with Crippen molar-refractivity contribution < 1.29 is 4.79 Å². The lowest BCUT2D eigenvalue weighted by Crippen LogP contribution is -2.21. The molecule has 0 bridgehead atoms. The third kappa shape index (κ3) is 2.77. The first kappa shape index (κ1) is 13.2. The van der Waals surface area contributed by atoms with E-state index < -0.39 is 5.91 Å². The van der Waals surface area contributed by atoms with Gasteiger partial charge in [0.15, 0.2) is 5.43 Å². The first-order valence-electron chi connectivity index (χ1n) is 5.53. The summed E-state index contributed by atoms with van der Waals surface area (Å²) in [6.45, 7) is 1.79. The topological polar surface area (TPSA) is 88.0 Å². The van der Waals surface area contributed by atoms with E-state index in [1.54, 1.807) is 19.1 Å². The summed E-state index contributed by atoms with van der Waals surface area (Å²) in [6, 6.07) is 4.51. The minimum atomic E-state index is -0.495. The molecule has 1 heterocycles. The van der Waals surface area contributed by atoms with Crippen LogP contribution in [0.4, 0.5) is 11.4 Å². The summed E-state index contributed by atoms with van der Waals surface area (Å²) in [4.78, 5) is 26.2. The number of aryl methyl sites for hydroxylation is 1. The highest BCUT2D eigenvalue weighted by atomic mass is 35.5. The molecular weight excluding hydrogens is 266 g/mol. The minimum absolute atomic E-state index is 0.0369. The Hall–Kier alpha value is -2.27. The number of benzene rings is 1. The van der Waals surface area contributed by atoms with Gasteiger partial charge in [-0.25, -0.2) is 0 Å². The van der Waals surface area contributed by atoms with Crippen LogP contribution >= 0.6 is 11.6 Å². The first-order valence-corrected chi connectivity index (χ1v) is 5.91. The van der Waals surface area contributed by atoms with Gasteiger partial charge in [-0.2, -0.15) is 0 Å². The van der Waals surface area contributed by atoms with Gasteiger partial charge in [-0.3, -0.25) is 9.59 Å². The molecule has 0 radical (unpaired) electrons. The molecule has 5 nitrogen and oxygen atoms in total. The number of carbonyl (C=O) groups excluding carboxylic acids is 1. The third-order valence-corrected chi connectivity index (χ3v) is 2.99. The number of aromatic nitrogens is 1. The van der Waals surface area contributed by atoms with E-state index in [2.05, 4.69) is 10.3 Å². The molecule has 2 rings (SSSR count). The summed E-state index contributed by atoms with van der Waals surface area (Å²) in [6.07, 6.45) is 2.82. The molecular formula is C13H12ClN3O2. The number of halogens is 1. The maximum Gasteiger partial charge on any atom is 0.261 e. The maximum absolute atomic E-state index is 12.0. The summed E-state index contributed by atoms with van der Waals surface area (Å²) < 4.78 is 0. The summed E-state index contributed by atoms with van der Waals surface area (Å²) >= 11 is 5.90. The van der Waals surface area contributed by atoms with Crippen molar-refractivity contribution >= 4 is 28.9 Å². The van der Waals surface area contributed by atoms with Crippen LogP contribution < -0.4 is 16.5 Å². The van der Waals surface area contributed by atoms with Gasteiger partial charge in [-0.1, -0.05) is 11.6 Å². The molecule has 0 spiro atoms. The Morgan fingerprint density at radius 2 is 2.16 bits per heavy atom.